The maximum Gasteiger partial charge on any atom is 0.336 e. The van der Waals surface area contributed by atoms with Crippen molar-refractivity contribution >= 4 is 30.4 Å². The third-order valence-corrected chi connectivity index (χ3v) is 11.0. The minimum atomic E-state index is -4.29. The van der Waals surface area contributed by atoms with E-state index in [0.717, 1.165) is 16.7 Å². The van der Waals surface area contributed by atoms with Crippen molar-refractivity contribution in [3.8, 4) is 0 Å². The van der Waals surface area contributed by atoms with E-state index >= 15 is 0 Å². The van der Waals surface area contributed by atoms with E-state index in [1.165, 1.54) is 36.4 Å². The number of rotatable bonds is 15. The lowest BCUT2D eigenvalue weighted by Gasteiger charge is -2.14. The summed E-state index contributed by atoms with van der Waals surface area (Å²) in [5.41, 5.74) is -1.22. The van der Waals surface area contributed by atoms with E-state index in [4.69, 9.17) is 12.5 Å². The van der Waals surface area contributed by atoms with Crippen LogP contribution in [-0.4, -0.2) is 58.8 Å². The average molecular weight is 724 g/mol. The lowest BCUT2D eigenvalue weighted by atomic mass is 10.2. The van der Waals surface area contributed by atoms with Crippen LogP contribution in [0.5, 0.6) is 0 Å². The van der Waals surface area contributed by atoms with Crippen LogP contribution in [0.1, 0.15) is 16.7 Å². The highest BCUT2D eigenvalue weighted by molar-refractivity contribution is 7.87. The van der Waals surface area contributed by atoms with Gasteiger partial charge in [-0.05, 0) is 57.2 Å². The first-order valence-corrected chi connectivity index (χ1v) is 18.6. The Morgan fingerprint density at radius 2 is 0.625 bits per heavy atom. The molecule has 48 heavy (non-hydrogen) atoms. The zero-order chi connectivity index (χ0) is 35.3. The largest absolute Gasteiger partial charge is 0.336 e. The molecule has 18 heteroatoms. The van der Waals surface area contributed by atoms with Gasteiger partial charge in [0.1, 0.15) is 0 Å². The number of nitrogens with zero attached hydrogens (tertiary/aromatic N) is 3. The first kappa shape index (κ1) is 36.6. The fraction of sp³-hybridized carbons (Fsp3) is 0.300. The molecule has 1 heterocycles. The predicted molar refractivity (Wildman–Crippen MR) is 172 cm³/mol. The maximum atomic E-state index is 13.3. The Morgan fingerprint density at radius 3 is 0.833 bits per heavy atom. The normalized spacial score (nSPS) is 12.3. The van der Waals surface area contributed by atoms with E-state index in [1.807, 2.05) is 0 Å². The topological polar surface area (TPSA) is 196 Å². The second kappa shape index (κ2) is 14.9. The summed E-state index contributed by atoms with van der Waals surface area (Å²) < 4.78 is 92.4. The van der Waals surface area contributed by atoms with Gasteiger partial charge in [-0.3, -0.25) is 12.5 Å². The molecule has 0 spiro atoms. The fourth-order valence-corrected chi connectivity index (χ4v) is 6.99. The van der Waals surface area contributed by atoms with Crippen LogP contribution in [0.3, 0.4) is 0 Å². The van der Waals surface area contributed by atoms with Gasteiger partial charge in [0.15, 0.2) is 0 Å². The summed E-state index contributed by atoms with van der Waals surface area (Å²) >= 11 is 0. The smallest absolute Gasteiger partial charge is 0.264 e. The van der Waals surface area contributed by atoms with E-state index in [1.54, 1.807) is 57.2 Å². The average Bonchev–Trinajstić information content (AvgIpc) is 3.02. The van der Waals surface area contributed by atoms with Gasteiger partial charge < -0.3 is 0 Å². The molecule has 0 saturated carbocycles. The summed E-state index contributed by atoms with van der Waals surface area (Å²) in [7, 11) is -12.9. The van der Waals surface area contributed by atoms with Crippen molar-refractivity contribution in [1.29, 1.82) is 0 Å². The molecule has 0 unspecified atom stereocenters. The van der Waals surface area contributed by atoms with Crippen LogP contribution in [0.25, 0.3) is 0 Å². The van der Waals surface area contributed by atoms with Gasteiger partial charge in [0.2, 0.25) is 0 Å². The molecule has 0 saturated heterocycles. The summed E-state index contributed by atoms with van der Waals surface area (Å²) in [5, 5.41) is 0. The molecule has 15 nitrogen and oxygen atoms in total. The number of aryl methyl sites for hydroxylation is 3. The van der Waals surface area contributed by atoms with Crippen LogP contribution in [-0.2, 0) is 62.5 Å². The maximum absolute atomic E-state index is 13.3. The number of benzene rings is 3. The molecule has 0 atom stereocenters. The van der Waals surface area contributed by atoms with Crippen molar-refractivity contribution in [1.82, 2.24) is 13.7 Å². The van der Waals surface area contributed by atoms with E-state index in [-0.39, 0.29) is 14.7 Å². The third-order valence-electron chi connectivity index (χ3n) is 6.97. The second-order valence-corrected chi connectivity index (χ2v) is 15.4. The highest BCUT2D eigenvalue weighted by Gasteiger charge is 2.21. The number of hydrogen-bond acceptors (Lipinski definition) is 12. The first-order chi connectivity index (χ1) is 22.5. The Hall–Kier alpha value is -4.20. The Labute approximate surface area is 277 Å². The number of aromatic nitrogens is 3. The highest BCUT2D eigenvalue weighted by atomic mass is 32.2. The summed E-state index contributed by atoms with van der Waals surface area (Å²) in [4.78, 5) is 39.4. The van der Waals surface area contributed by atoms with Gasteiger partial charge in [-0.25, -0.2) is 28.1 Å². The van der Waals surface area contributed by atoms with Gasteiger partial charge in [-0.15, -0.1) is 0 Å². The van der Waals surface area contributed by atoms with Crippen LogP contribution in [0.2, 0.25) is 0 Å². The molecule has 0 aliphatic carbocycles. The van der Waals surface area contributed by atoms with Crippen LogP contribution >= 0.6 is 0 Å². The molecular formula is C30H33N3O12S3. The van der Waals surface area contributed by atoms with E-state index in [0.29, 0.717) is 13.7 Å². The number of hydrogen-bond donors (Lipinski definition) is 0. The highest BCUT2D eigenvalue weighted by Crippen LogP contribution is 2.15. The molecule has 0 N–H and O–H groups in total. The van der Waals surface area contributed by atoms with Gasteiger partial charge in [0.25, 0.3) is 30.4 Å². The minimum absolute atomic E-state index is 0.165. The standard InChI is InChI=1S/C30H33N3O12S3/c1-22-4-10-25(11-5-22)46(37,38)43-19-16-31-28(34)32(17-20-44-47(39,40)26-12-6-23(2)7-13-26)30(36)33(29(31)35)18-21-45-48(41,42)27-14-8-24(3)9-15-27/h4-15H,16-21H2,1-3H3. The van der Waals surface area contributed by atoms with Gasteiger partial charge in [0, 0.05) is 0 Å². The lowest BCUT2D eigenvalue weighted by molar-refractivity contribution is 0.263. The first-order valence-electron chi connectivity index (χ1n) is 14.3. The van der Waals surface area contributed by atoms with E-state index in [2.05, 4.69) is 0 Å². The Bertz CT molecular complexity index is 1980. The molecule has 0 aliphatic rings. The zero-order valence-corrected chi connectivity index (χ0v) is 28.6. The quantitative estimate of drug-likeness (QED) is 0.160. The monoisotopic (exact) mass is 723 g/mol. The zero-order valence-electron chi connectivity index (χ0n) is 26.1. The molecule has 3 aromatic carbocycles. The van der Waals surface area contributed by atoms with Crippen molar-refractivity contribution in [3.63, 3.8) is 0 Å². The molecule has 0 bridgehead atoms. The Kier molecular flexibility index (Phi) is 11.4. The van der Waals surface area contributed by atoms with Crippen molar-refractivity contribution in [2.75, 3.05) is 19.8 Å². The van der Waals surface area contributed by atoms with Gasteiger partial charge in [-0.1, -0.05) is 53.1 Å². The van der Waals surface area contributed by atoms with E-state index in [9.17, 15) is 39.6 Å². The molecule has 0 amide bonds. The van der Waals surface area contributed by atoms with Gasteiger partial charge in [-0.2, -0.15) is 25.3 Å². The fourth-order valence-electron chi connectivity index (χ4n) is 4.29. The summed E-state index contributed by atoms with van der Waals surface area (Å²) in [5.74, 6) is 0. The van der Waals surface area contributed by atoms with Crippen molar-refractivity contribution in [2.24, 2.45) is 0 Å². The third kappa shape index (κ3) is 8.82. The molecule has 0 aliphatic heterocycles. The molecule has 0 radical (unpaired) electrons. The molecule has 0 fully saturated rings. The Morgan fingerprint density at radius 1 is 0.417 bits per heavy atom. The Balaban J connectivity index is 1.60. The minimum Gasteiger partial charge on any atom is -0.264 e. The van der Waals surface area contributed by atoms with Crippen molar-refractivity contribution in [3.05, 3.63) is 121 Å². The summed E-state index contributed by atoms with van der Waals surface area (Å²) in [6, 6.07) is 17.2. The molecule has 1 aromatic heterocycles. The van der Waals surface area contributed by atoms with Gasteiger partial charge in [0.05, 0.1) is 54.1 Å². The molecule has 4 aromatic rings. The van der Waals surface area contributed by atoms with Crippen molar-refractivity contribution < 1.29 is 37.8 Å². The molecular weight excluding hydrogens is 691 g/mol. The predicted octanol–water partition coefficient (Wildman–Crippen LogP) is 1.31. The van der Waals surface area contributed by atoms with E-state index < -0.39 is 86.9 Å². The summed E-state index contributed by atoms with van der Waals surface area (Å²) in [6.07, 6.45) is 0. The SMILES string of the molecule is Cc1ccc(S(=O)(=O)OCCn2c(=O)n(CCOS(=O)(=O)c3ccc(C)cc3)c(=O)n(CCOS(=O)(=O)c3ccc(C)cc3)c2=O)cc1. The molecule has 4 rings (SSSR count). The van der Waals surface area contributed by atoms with Crippen LogP contribution < -0.4 is 17.1 Å². The van der Waals surface area contributed by atoms with Crippen LogP contribution in [0.4, 0.5) is 0 Å². The molecule has 258 valence electrons. The summed E-state index contributed by atoms with van der Waals surface area (Å²) in [6.45, 7) is 1.26. The van der Waals surface area contributed by atoms with Crippen LogP contribution in [0, 0.1) is 20.8 Å². The van der Waals surface area contributed by atoms with Crippen LogP contribution in [0.15, 0.2) is 102 Å². The second-order valence-electron chi connectivity index (χ2n) is 10.6. The van der Waals surface area contributed by atoms with Gasteiger partial charge >= 0.3 is 17.1 Å². The lowest BCUT2D eigenvalue weighted by Crippen LogP contribution is -2.55. The van der Waals surface area contributed by atoms with Crippen molar-refractivity contribution in [2.45, 2.75) is 55.1 Å².